The summed E-state index contributed by atoms with van der Waals surface area (Å²) in [6.45, 7) is 18.5. The van der Waals surface area contributed by atoms with Gasteiger partial charge in [0.05, 0.1) is 23.9 Å². The van der Waals surface area contributed by atoms with Crippen molar-refractivity contribution in [2.45, 2.75) is 148 Å². The van der Waals surface area contributed by atoms with Gasteiger partial charge in [-0.1, -0.05) is 45.1 Å². The van der Waals surface area contributed by atoms with Gasteiger partial charge in [-0.2, -0.15) is 0 Å². The van der Waals surface area contributed by atoms with Gasteiger partial charge in [-0.3, -0.25) is 4.79 Å². The zero-order valence-electron chi connectivity index (χ0n) is 29.8. The van der Waals surface area contributed by atoms with E-state index in [4.69, 9.17) is 14.2 Å². The van der Waals surface area contributed by atoms with Gasteiger partial charge < -0.3 is 44.8 Å². The van der Waals surface area contributed by atoms with Crippen LogP contribution in [0.15, 0.2) is 24.3 Å². The Bertz CT molecular complexity index is 1170. The Morgan fingerprint density at radius 2 is 1.68 bits per heavy atom. The Labute approximate surface area is 281 Å². The highest BCUT2D eigenvalue weighted by Crippen LogP contribution is 2.74. The van der Waals surface area contributed by atoms with Gasteiger partial charge in [-0.25, -0.2) is 0 Å². The first kappa shape index (κ1) is 38.4. The Hall–Kier alpha value is -1.37. The van der Waals surface area contributed by atoms with E-state index in [-0.39, 0.29) is 40.9 Å². The molecule has 3 aliphatic carbocycles. The van der Waals surface area contributed by atoms with E-state index < -0.39 is 66.0 Å². The van der Waals surface area contributed by atoms with E-state index in [0.717, 1.165) is 31.3 Å². The molecule has 0 aromatic carbocycles. The van der Waals surface area contributed by atoms with Crippen molar-refractivity contribution in [1.29, 1.82) is 0 Å². The van der Waals surface area contributed by atoms with Gasteiger partial charge in [0.1, 0.15) is 24.4 Å². The van der Waals surface area contributed by atoms with E-state index in [1.807, 2.05) is 39.8 Å². The lowest BCUT2D eigenvalue weighted by Crippen LogP contribution is -2.65. The SMILES string of the molecule is C=C(C)C1CCC2(C)C(CC(O[C@@H]3O[C@H](CO)[C@@H](O)[C@H](O)[C@H]3O)C3C(C(C)(O)C/C=C/C(C)(C)OC)CCC32C)C1(C)CCC(=O)O. The van der Waals surface area contributed by atoms with Gasteiger partial charge in [0.15, 0.2) is 6.29 Å². The number of rotatable bonds is 12. The van der Waals surface area contributed by atoms with Crippen molar-refractivity contribution in [3.8, 4) is 0 Å². The second-order valence-corrected chi connectivity index (χ2v) is 16.8. The molecule has 4 rings (SSSR count). The molecule has 0 amide bonds. The van der Waals surface area contributed by atoms with Crippen LogP contribution in [-0.4, -0.2) is 98.3 Å². The average Bonchev–Trinajstić information content (AvgIpc) is 3.37. The summed E-state index contributed by atoms with van der Waals surface area (Å²) >= 11 is 0. The van der Waals surface area contributed by atoms with Crippen molar-refractivity contribution in [3.63, 3.8) is 0 Å². The fraction of sp³-hybridized carbons (Fsp3) is 0.865. The molecule has 4 aliphatic rings. The molecule has 14 atom stereocenters. The van der Waals surface area contributed by atoms with Crippen LogP contribution in [0.3, 0.4) is 0 Å². The standard InChI is InChI=1S/C37H62O10/c1-21(2)22-11-17-35(6)26(34(22,5)16-13-27(39)40)19-24(46-32-31(43)30(42)29(41)25(20-38)47-32)28-23(12-18-36(28,35)7)37(8,44)15-10-14-33(3,4)45-9/h10,14,22-26,28-32,38,41-44H,1,11-13,15-20H2,2-9H3,(H,39,40)/b14-10+/t22?,23?,24?,25-,26?,28?,29-,30+,31-,32-,34?,35?,36?,37?/m1/s1. The number of hydrogen-bond acceptors (Lipinski definition) is 9. The molecule has 0 aromatic rings. The monoisotopic (exact) mass is 666 g/mol. The molecule has 10 heteroatoms. The van der Waals surface area contributed by atoms with Crippen LogP contribution >= 0.6 is 0 Å². The predicted octanol–water partition coefficient (Wildman–Crippen LogP) is 4.21. The van der Waals surface area contributed by atoms with Crippen LogP contribution in [0.5, 0.6) is 0 Å². The maximum Gasteiger partial charge on any atom is 0.303 e. The molecule has 1 aliphatic heterocycles. The number of fused-ring (bicyclic) bond motifs is 3. The lowest BCUT2D eigenvalue weighted by Gasteiger charge is -2.68. The molecule has 0 bridgehead atoms. The van der Waals surface area contributed by atoms with Crippen molar-refractivity contribution in [3.05, 3.63) is 24.3 Å². The zero-order valence-corrected chi connectivity index (χ0v) is 29.8. The van der Waals surface area contributed by atoms with Crippen molar-refractivity contribution in [1.82, 2.24) is 0 Å². The fourth-order valence-corrected chi connectivity index (χ4v) is 10.6. The van der Waals surface area contributed by atoms with E-state index in [9.17, 15) is 35.4 Å². The fourth-order valence-electron chi connectivity index (χ4n) is 10.6. The van der Waals surface area contributed by atoms with Gasteiger partial charge in [-0.05, 0) is 113 Å². The van der Waals surface area contributed by atoms with Crippen molar-refractivity contribution >= 4 is 5.97 Å². The van der Waals surface area contributed by atoms with Crippen LogP contribution < -0.4 is 0 Å². The molecule has 47 heavy (non-hydrogen) atoms. The number of methoxy groups -OCH3 is 1. The number of aliphatic hydroxyl groups is 5. The zero-order chi connectivity index (χ0) is 35.3. The summed E-state index contributed by atoms with van der Waals surface area (Å²) in [7, 11) is 1.65. The Kier molecular flexibility index (Phi) is 11.2. The number of carboxylic acid groups (broad SMARTS) is 1. The smallest absolute Gasteiger partial charge is 0.303 e. The molecule has 4 fully saturated rings. The van der Waals surface area contributed by atoms with Gasteiger partial charge >= 0.3 is 5.97 Å². The lowest BCUT2D eigenvalue weighted by molar-refractivity contribution is -0.332. The minimum Gasteiger partial charge on any atom is -0.481 e. The number of hydrogen-bond donors (Lipinski definition) is 6. The quantitative estimate of drug-likeness (QED) is 0.131. The van der Waals surface area contributed by atoms with Gasteiger partial charge in [0.25, 0.3) is 0 Å². The van der Waals surface area contributed by atoms with E-state index in [1.54, 1.807) is 7.11 Å². The van der Waals surface area contributed by atoms with E-state index in [0.29, 0.717) is 19.3 Å². The second-order valence-electron chi connectivity index (χ2n) is 16.8. The number of ether oxygens (including phenoxy) is 3. The third kappa shape index (κ3) is 6.87. The maximum atomic E-state index is 12.2. The van der Waals surface area contributed by atoms with E-state index in [1.165, 1.54) is 0 Å². The Morgan fingerprint density at radius 3 is 2.26 bits per heavy atom. The predicted molar refractivity (Wildman–Crippen MR) is 177 cm³/mol. The molecule has 0 aromatic heterocycles. The van der Waals surface area contributed by atoms with Crippen molar-refractivity contribution < 1.29 is 49.6 Å². The molecular formula is C37H62O10. The van der Waals surface area contributed by atoms with Crippen molar-refractivity contribution in [2.24, 2.45) is 39.9 Å². The summed E-state index contributed by atoms with van der Waals surface area (Å²) in [6, 6.07) is 0. The summed E-state index contributed by atoms with van der Waals surface area (Å²) in [5.74, 6) is -1.05. The summed E-state index contributed by atoms with van der Waals surface area (Å²) in [4.78, 5) is 11.9. The molecule has 1 heterocycles. The molecule has 0 spiro atoms. The van der Waals surface area contributed by atoms with Crippen LogP contribution in [-0.2, 0) is 19.0 Å². The molecule has 9 unspecified atom stereocenters. The van der Waals surface area contributed by atoms with Gasteiger partial charge in [-0.15, -0.1) is 0 Å². The van der Waals surface area contributed by atoms with Crippen LogP contribution in [0.2, 0.25) is 0 Å². The van der Waals surface area contributed by atoms with Crippen molar-refractivity contribution in [2.75, 3.05) is 13.7 Å². The molecule has 1 saturated heterocycles. The van der Waals surface area contributed by atoms with E-state index >= 15 is 0 Å². The van der Waals surface area contributed by atoms with E-state index in [2.05, 4.69) is 27.4 Å². The largest absolute Gasteiger partial charge is 0.481 e. The summed E-state index contributed by atoms with van der Waals surface area (Å²) in [5, 5.41) is 64.0. The summed E-state index contributed by atoms with van der Waals surface area (Å²) in [6.07, 6.45) is 1.19. The first-order valence-corrected chi connectivity index (χ1v) is 17.5. The topological polar surface area (TPSA) is 166 Å². The lowest BCUT2D eigenvalue weighted by atomic mass is 9.37. The third-order valence-corrected chi connectivity index (χ3v) is 13.6. The second kappa shape index (κ2) is 13.7. The number of aliphatic hydroxyl groups excluding tert-OH is 4. The van der Waals surface area contributed by atoms with Gasteiger partial charge in [0.2, 0.25) is 0 Å². The first-order valence-electron chi connectivity index (χ1n) is 17.5. The molecule has 0 radical (unpaired) electrons. The average molecular weight is 667 g/mol. The highest BCUT2D eigenvalue weighted by molar-refractivity contribution is 5.66. The van der Waals surface area contributed by atoms with Crippen LogP contribution in [0.4, 0.5) is 0 Å². The number of allylic oxidation sites excluding steroid dienone is 1. The highest BCUT2D eigenvalue weighted by Gasteiger charge is 2.70. The molecule has 270 valence electrons. The van der Waals surface area contributed by atoms with Crippen LogP contribution in [0.25, 0.3) is 0 Å². The minimum atomic E-state index is -1.58. The first-order chi connectivity index (χ1) is 21.7. The highest BCUT2D eigenvalue weighted by atomic mass is 16.7. The molecule has 6 N–H and O–H groups in total. The molecule has 3 saturated carbocycles. The number of carboxylic acids is 1. The maximum absolute atomic E-state index is 12.2. The number of carbonyl (C=O) groups is 1. The van der Waals surface area contributed by atoms with Crippen LogP contribution in [0, 0.1) is 39.9 Å². The third-order valence-electron chi connectivity index (χ3n) is 13.6. The molecule has 10 nitrogen and oxygen atoms in total. The number of aliphatic carboxylic acids is 1. The van der Waals surface area contributed by atoms with Crippen LogP contribution in [0.1, 0.15) is 99.8 Å². The Balaban J connectivity index is 1.80. The van der Waals surface area contributed by atoms with Gasteiger partial charge in [0, 0.05) is 13.5 Å². The summed E-state index contributed by atoms with van der Waals surface area (Å²) in [5.41, 5.74) is -1.50. The summed E-state index contributed by atoms with van der Waals surface area (Å²) < 4.78 is 18.2. The minimum absolute atomic E-state index is 0.0204. The molecular weight excluding hydrogens is 604 g/mol. The Morgan fingerprint density at radius 1 is 1.04 bits per heavy atom. The normalized spacial score (nSPS) is 45.3.